The minimum atomic E-state index is -0.734. The van der Waals surface area contributed by atoms with Gasteiger partial charge in [0.05, 0.1) is 11.9 Å². The minimum Gasteiger partial charge on any atom is -0.397 e. The van der Waals surface area contributed by atoms with Crippen molar-refractivity contribution < 1.29 is 4.21 Å². The highest BCUT2D eigenvalue weighted by Gasteiger charge is 2.06. The van der Waals surface area contributed by atoms with Gasteiger partial charge < -0.3 is 11.1 Å². The van der Waals surface area contributed by atoms with Crippen molar-refractivity contribution in [2.75, 3.05) is 23.1 Å². The number of aromatic nitrogens is 1. The molecule has 0 spiro atoms. The second kappa shape index (κ2) is 5.84. The van der Waals surface area contributed by atoms with E-state index in [0.717, 1.165) is 17.8 Å². The molecule has 0 bridgehead atoms. The predicted molar refractivity (Wildman–Crippen MR) is 70.0 cm³/mol. The first-order valence-electron chi connectivity index (χ1n) is 5.27. The van der Waals surface area contributed by atoms with Crippen LogP contribution in [0.3, 0.4) is 0 Å². The zero-order valence-corrected chi connectivity index (χ0v) is 10.8. The van der Waals surface area contributed by atoms with Gasteiger partial charge in [-0.1, -0.05) is 0 Å². The Bertz CT molecular complexity index is 381. The van der Waals surface area contributed by atoms with Crippen LogP contribution < -0.4 is 11.1 Å². The Kier molecular flexibility index (Phi) is 4.73. The summed E-state index contributed by atoms with van der Waals surface area (Å²) < 4.78 is 11.0. The zero-order chi connectivity index (χ0) is 12.1. The number of hydrogen-bond donors (Lipinski definition) is 2. The van der Waals surface area contributed by atoms with E-state index in [1.165, 1.54) is 0 Å². The average molecular weight is 241 g/mol. The SMILES string of the molecule is Cc1cc(N)cnc1NC(C)CCS(C)=O. The zero-order valence-electron chi connectivity index (χ0n) is 9.99. The Labute approximate surface area is 99.1 Å². The molecule has 0 aliphatic rings. The second-order valence-corrected chi connectivity index (χ2v) is 5.60. The lowest BCUT2D eigenvalue weighted by Crippen LogP contribution is -2.19. The summed E-state index contributed by atoms with van der Waals surface area (Å²) in [7, 11) is -0.734. The standard InChI is InChI=1S/C11H19N3OS/c1-8-6-10(12)7-13-11(8)14-9(2)4-5-16(3)15/h6-7,9H,4-5,12H2,1-3H3,(H,13,14). The smallest absolute Gasteiger partial charge is 0.129 e. The number of pyridine rings is 1. The van der Waals surface area contributed by atoms with E-state index in [2.05, 4.69) is 17.2 Å². The molecule has 0 aliphatic carbocycles. The van der Waals surface area contributed by atoms with Crippen molar-refractivity contribution in [3.05, 3.63) is 17.8 Å². The lowest BCUT2D eigenvalue weighted by molar-refractivity contribution is 0.678. The van der Waals surface area contributed by atoms with Crippen molar-refractivity contribution in [2.24, 2.45) is 0 Å². The van der Waals surface area contributed by atoms with Gasteiger partial charge in [0.15, 0.2) is 0 Å². The number of nitrogens with zero attached hydrogens (tertiary/aromatic N) is 1. The summed E-state index contributed by atoms with van der Waals surface area (Å²) >= 11 is 0. The molecule has 5 heteroatoms. The van der Waals surface area contributed by atoms with Crippen LogP contribution in [-0.2, 0) is 10.8 Å². The maximum atomic E-state index is 11.0. The Morgan fingerprint density at radius 2 is 2.31 bits per heavy atom. The Balaban J connectivity index is 2.55. The normalized spacial score (nSPS) is 14.4. The quantitative estimate of drug-likeness (QED) is 0.820. The summed E-state index contributed by atoms with van der Waals surface area (Å²) in [6, 6.07) is 2.15. The molecule has 1 heterocycles. The fraction of sp³-hybridized carbons (Fsp3) is 0.545. The molecule has 1 aromatic rings. The molecule has 1 rings (SSSR count). The van der Waals surface area contributed by atoms with E-state index < -0.39 is 10.8 Å². The van der Waals surface area contributed by atoms with Crippen LogP contribution in [0.5, 0.6) is 0 Å². The first kappa shape index (κ1) is 13.0. The Hall–Kier alpha value is -1.10. The molecule has 0 saturated heterocycles. The fourth-order valence-electron chi connectivity index (χ4n) is 1.40. The van der Waals surface area contributed by atoms with Gasteiger partial charge in [0, 0.05) is 28.9 Å². The highest BCUT2D eigenvalue weighted by atomic mass is 32.2. The molecule has 0 radical (unpaired) electrons. The molecule has 3 N–H and O–H groups in total. The van der Waals surface area contributed by atoms with Crippen LogP contribution in [0.25, 0.3) is 0 Å². The molecular formula is C11H19N3OS. The van der Waals surface area contributed by atoms with Crippen LogP contribution in [0.4, 0.5) is 11.5 Å². The molecule has 0 amide bonds. The summed E-state index contributed by atoms with van der Waals surface area (Å²) in [6.07, 6.45) is 4.23. The molecule has 90 valence electrons. The van der Waals surface area contributed by atoms with E-state index in [0.29, 0.717) is 11.4 Å². The molecule has 2 atom stereocenters. The van der Waals surface area contributed by atoms with Gasteiger partial charge in [-0.05, 0) is 31.9 Å². The van der Waals surface area contributed by atoms with E-state index in [9.17, 15) is 4.21 Å². The summed E-state index contributed by atoms with van der Waals surface area (Å²) in [6.45, 7) is 4.03. The molecular weight excluding hydrogens is 222 g/mol. The third-order valence-corrected chi connectivity index (χ3v) is 3.13. The van der Waals surface area contributed by atoms with Gasteiger partial charge in [-0.25, -0.2) is 4.98 Å². The molecule has 0 fully saturated rings. The number of hydrogen-bond acceptors (Lipinski definition) is 4. The monoisotopic (exact) mass is 241 g/mol. The van der Waals surface area contributed by atoms with Gasteiger partial charge in [-0.3, -0.25) is 4.21 Å². The van der Waals surface area contributed by atoms with Crippen molar-refractivity contribution in [3.63, 3.8) is 0 Å². The number of anilines is 2. The van der Waals surface area contributed by atoms with Crippen molar-refractivity contribution in [1.29, 1.82) is 0 Å². The summed E-state index contributed by atoms with van der Waals surface area (Å²) in [4.78, 5) is 4.23. The third-order valence-electron chi connectivity index (χ3n) is 2.32. The fourth-order valence-corrected chi connectivity index (χ4v) is 2.08. The lowest BCUT2D eigenvalue weighted by atomic mass is 10.2. The highest BCUT2D eigenvalue weighted by molar-refractivity contribution is 7.84. The largest absolute Gasteiger partial charge is 0.397 e. The van der Waals surface area contributed by atoms with Crippen molar-refractivity contribution in [2.45, 2.75) is 26.3 Å². The van der Waals surface area contributed by atoms with E-state index in [1.807, 2.05) is 13.0 Å². The van der Waals surface area contributed by atoms with Crippen molar-refractivity contribution in [3.8, 4) is 0 Å². The van der Waals surface area contributed by atoms with Gasteiger partial charge in [0.25, 0.3) is 0 Å². The molecule has 0 saturated carbocycles. The topological polar surface area (TPSA) is 68.0 Å². The van der Waals surface area contributed by atoms with E-state index in [-0.39, 0.29) is 6.04 Å². The third kappa shape index (κ3) is 4.18. The maximum absolute atomic E-state index is 11.0. The molecule has 0 aliphatic heterocycles. The number of aryl methyl sites for hydroxylation is 1. The van der Waals surface area contributed by atoms with Crippen molar-refractivity contribution >= 4 is 22.3 Å². The maximum Gasteiger partial charge on any atom is 0.129 e. The number of rotatable bonds is 5. The lowest BCUT2D eigenvalue weighted by Gasteiger charge is -2.15. The second-order valence-electron chi connectivity index (χ2n) is 4.05. The minimum absolute atomic E-state index is 0.263. The van der Waals surface area contributed by atoms with Gasteiger partial charge in [-0.15, -0.1) is 0 Å². The van der Waals surface area contributed by atoms with Crippen LogP contribution in [0.2, 0.25) is 0 Å². The first-order chi connectivity index (χ1) is 7.49. The van der Waals surface area contributed by atoms with Gasteiger partial charge in [0.2, 0.25) is 0 Å². The Morgan fingerprint density at radius 1 is 1.62 bits per heavy atom. The van der Waals surface area contributed by atoms with E-state index >= 15 is 0 Å². The Morgan fingerprint density at radius 3 is 2.88 bits per heavy atom. The summed E-state index contributed by atoms with van der Waals surface area (Å²) in [5.74, 6) is 1.56. The molecule has 16 heavy (non-hydrogen) atoms. The first-order valence-corrected chi connectivity index (χ1v) is 7.00. The molecule has 0 aromatic carbocycles. The van der Waals surface area contributed by atoms with Crippen LogP contribution in [0.15, 0.2) is 12.3 Å². The number of nitrogens with two attached hydrogens (primary N) is 1. The van der Waals surface area contributed by atoms with Crippen LogP contribution in [-0.4, -0.2) is 27.2 Å². The van der Waals surface area contributed by atoms with Crippen molar-refractivity contribution in [1.82, 2.24) is 4.98 Å². The van der Waals surface area contributed by atoms with Crippen LogP contribution in [0, 0.1) is 6.92 Å². The highest BCUT2D eigenvalue weighted by Crippen LogP contribution is 2.15. The van der Waals surface area contributed by atoms with E-state index in [1.54, 1.807) is 12.5 Å². The van der Waals surface area contributed by atoms with Gasteiger partial charge in [0.1, 0.15) is 5.82 Å². The summed E-state index contributed by atoms with van der Waals surface area (Å²) in [5.41, 5.74) is 7.33. The molecule has 2 unspecified atom stereocenters. The predicted octanol–water partition coefficient (Wildman–Crippen LogP) is 1.54. The summed E-state index contributed by atoms with van der Waals surface area (Å²) in [5, 5.41) is 3.29. The van der Waals surface area contributed by atoms with Gasteiger partial charge >= 0.3 is 0 Å². The number of nitrogens with one attached hydrogen (secondary N) is 1. The van der Waals surface area contributed by atoms with Crippen LogP contribution in [0.1, 0.15) is 18.9 Å². The number of nitrogen functional groups attached to an aromatic ring is 1. The van der Waals surface area contributed by atoms with E-state index in [4.69, 9.17) is 5.73 Å². The molecule has 1 aromatic heterocycles. The molecule has 4 nitrogen and oxygen atoms in total. The van der Waals surface area contributed by atoms with Gasteiger partial charge in [-0.2, -0.15) is 0 Å². The average Bonchev–Trinajstić information content (AvgIpc) is 2.19. The van der Waals surface area contributed by atoms with Crippen LogP contribution >= 0.6 is 0 Å².